The van der Waals surface area contributed by atoms with E-state index in [1.165, 1.54) is 11.5 Å². The highest BCUT2D eigenvalue weighted by Crippen LogP contribution is 2.33. The van der Waals surface area contributed by atoms with Crippen molar-refractivity contribution in [2.75, 3.05) is 6.54 Å². The summed E-state index contributed by atoms with van der Waals surface area (Å²) in [6.45, 7) is 9.51. The Morgan fingerprint density at radius 1 is 1.16 bits per heavy atom. The molecule has 2 heterocycles. The van der Waals surface area contributed by atoms with Gasteiger partial charge in [0.15, 0.2) is 5.01 Å². The minimum atomic E-state index is 0.245. The first kappa shape index (κ1) is 14.5. The van der Waals surface area contributed by atoms with Crippen molar-refractivity contribution in [3.8, 4) is 9.88 Å². The van der Waals surface area contributed by atoms with Crippen molar-refractivity contribution in [1.29, 1.82) is 0 Å². The minimum Gasteiger partial charge on any atom is -0.308 e. The van der Waals surface area contributed by atoms with Crippen molar-refractivity contribution in [1.82, 2.24) is 25.1 Å². The molecule has 0 saturated carbocycles. The predicted molar refractivity (Wildman–Crippen MR) is 79.6 cm³/mol. The first-order chi connectivity index (χ1) is 9.13. The topological polar surface area (TPSA) is 63.6 Å². The molecule has 5 nitrogen and oxygen atoms in total. The quantitative estimate of drug-likeness (QED) is 0.886. The molecule has 2 rings (SSSR count). The van der Waals surface area contributed by atoms with Crippen LogP contribution in [-0.4, -0.2) is 26.3 Å². The second kappa shape index (κ2) is 6.49. The van der Waals surface area contributed by atoms with Crippen molar-refractivity contribution in [3.05, 3.63) is 10.7 Å². The van der Waals surface area contributed by atoms with Gasteiger partial charge in [0.05, 0.1) is 11.7 Å². The Hall–Kier alpha value is -0.920. The van der Waals surface area contributed by atoms with Crippen molar-refractivity contribution < 1.29 is 0 Å². The molecule has 0 saturated heterocycles. The average Bonchev–Trinajstić information content (AvgIpc) is 3.02. The second-order valence-electron chi connectivity index (χ2n) is 4.76. The minimum absolute atomic E-state index is 0.245. The van der Waals surface area contributed by atoms with Gasteiger partial charge in [-0.1, -0.05) is 36.6 Å². The van der Waals surface area contributed by atoms with Gasteiger partial charge < -0.3 is 5.32 Å². The van der Waals surface area contributed by atoms with Crippen molar-refractivity contribution in [2.24, 2.45) is 0 Å². The van der Waals surface area contributed by atoms with Crippen molar-refractivity contribution in [3.63, 3.8) is 0 Å². The lowest BCUT2D eigenvalue weighted by Gasteiger charge is -2.08. The molecule has 0 aromatic carbocycles. The van der Waals surface area contributed by atoms with Gasteiger partial charge in [-0.3, -0.25) is 0 Å². The Morgan fingerprint density at radius 2 is 1.95 bits per heavy atom. The fourth-order valence-electron chi connectivity index (χ4n) is 1.67. The summed E-state index contributed by atoms with van der Waals surface area (Å²) in [4.78, 5) is 1.06. The third-order valence-corrected chi connectivity index (χ3v) is 4.77. The predicted octanol–water partition coefficient (Wildman–Crippen LogP) is 3.24. The van der Waals surface area contributed by atoms with Gasteiger partial charge in [0.1, 0.15) is 9.88 Å². The Morgan fingerprint density at radius 3 is 2.63 bits per heavy atom. The van der Waals surface area contributed by atoms with Gasteiger partial charge in [-0.15, -0.1) is 15.3 Å². The zero-order chi connectivity index (χ0) is 13.8. The summed E-state index contributed by atoms with van der Waals surface area (Å²) in [6.07, 6.45) is 1.12. The van der Waals surface area contributed by atoms with Gasteiger partial charge in [0, 0.05) is 0 Å². The van der Waals surface area contributed by atoms with E-state index in [2.05, 4.69) is 52.8 Å². The number of hydrogen-bond acceptors (Lipinski definition) is 7. The van der Waals surface area contributed by atoms with E-state index in [1.807, 2.05) is 0 Å². The molecule has 0 bridgehead atoms. The van der Waals surface area contributed by atoms with E-state index in [-0.39, 0.29) is 6.04 Å². The molecule has 1 atom stereocenters. The second-order valence-corrected chi connectivity index (χ2v) is 6.53. The number of hydrogen-bond donors (Lipinski definition) is 1. The molecule has 0 aliphatic heterocycles. The number of nitrogens with zero attached hydrogens (tertiary/aromatic N) is 4. The first-order valence-corrected chi connectivity index (χ1v) is 8.11. The van der Waals surface area contributed by atoms with Crippen LogP contribution in [0, 0.1) is 0 Å². The first-order valence-electron chi connectivity index (χ1n) is 6.52. The monoisotopic (exact) mass is 297 g/mol. The third-order valence-electron chi connectivity index (χ3n) is 2.77. The molecule has 1 unspecified atom stereocenters. The average molecular weight is 297 g/mol. The van der Waals surface area contributed by atoms with E-state index >= 15 is 0 Å². The van der Waals surface area contributed by atoms with Crippen LogP contribution >= 0.6 is 22.9 Å². The molecule has 104 valence electrons. The lowest BCUT2D eigenvalue weighted by molar-refractivity contribution is 0.564. The highest BCUT2D eigenvalue weighted by atomic mass is 32.1. The van der Waals surface area contributed by atoms with Gasteiger partial charge in [0.2, 0.25) is 0 Å². The van der Waals surface area contributed by atoms with Gasteiger partial charge in [-0.25, -0.2) is 0 Å². The molecule has 7 heteroatoms. The van der Waals surface area contributed by atoms with Crippen LogP contribution in [0.4, 0.5) is 0 Å². The van der Waals surface area contributed by atoms with Gasteiger partial charge in [0.25, 0.3) is 0 Å². The molecular formula is C12H19N5S2. The zero-order valence-electron chi connectivity index (χ0n) is 11.7. The van der Waals surface area contributed by atoms with Gasteiger partial charge >= 0.3 is 0 Å². The summed E-state index contributed by atoms with van der Waals surface area (Å²) in [5.41, 5.74) is 1.02. The van der Waals surface area contributed by atoms with Crippen LogP contribution in [0.3, 0.4) is 0 Å². The molecule has 0 fully saturated rings. The SMILES string of the molecule is CCCNC(C)c1nnc(-c2snnc2C(C)C)s1. The van der Waals surface area contributed by atoms with E-state index in [0.29, 0.717) is 5.92 Å². The molecule has 0 radical (unpaired) electrons. The molecule has 19 heavy (non-hydrogen) atoms. The number of rotatable bonds is 6. The molecular weight excluding hydrogens is 278 g/mol. The van der Waals surface area contributed by atoms with Crippen LogP contribution in [0.25, 0.3) is 9.88 Å². The Kier molecular flexibility index (Phi) is 4.95. The zero-order valence-corrected chi connectivity index (χ0v) is 13.3. The maximum Gasteiger partial charge on any atom is 0.161 e. The van der Waals surface area contributed by atoms with Crippen molar-refractivity contribution in [2.45, 2.75) is 46.1 Å². The lowest BCUT2D eigenvalue weighted by Crippen LogP contribution is -2.18. The lowest BCUT2D eigenvalue weighted by atomic mass is 10.1. The number of nitrogens with one attached hydrogen (secondary N) is 1. The Labute approximate surface area is 121 Å². The summed E-state index contributed by atoms with van der Waals surface area (Å²) in [6, 6.07) is 0.245. The van der Waals surface area contributed by atoms with Gasteiger partial charge in [-0.2, -0.15) is 0 Å². The molecule has 2 aromatic rings. The van der Waals surface area contributed by atoms with Crippen LogP contribution < -0.4 is 5.32 Å². The highest BCUT2D eigenvalue weighted by molar-refractivity contribution is 7.19. The standard InChI is InChI=1S/C12H19N5S2/c1-5-6-13-8(4)11-15-16-12(18-11)10-9(7(2)3)14-17-19-10/h7-8,13H,5-6H2,1-4H3. The van der Waals surface area contributed by atoms with Crippen LogP contribution in [0.2, 0.25) is 0 Å². The molecule has 0 spiro atoms. The smallest absolute Gasteiger partial charge is 0.161 e. The molecule has 1 N–H and O–H groups in total. The van der Waals surface area contributed by atoms with Crippen molar-refractivity contribution >= 4 is 22.9 Å². The Balaban J connectivity index is 2.18. The number of aromatic nitrogens is 4. The third kappa shape index (κ3) is 3.34. The summed E-state index contributed by atoms with van der Waals surface area (Å²) in [5.74, 6) is 0.358. The summed E-state index contributed by atoms with van der Waals surface area (Å²) in [5, 5.41) is 18.1. The normalized spacial score (nSPS) is 13.1. The summed E-state index contributed by atoms with van der Waals surface area (Å²) < 4.78 is 4.04. The van der Waals surface area contributed by atoms with E-state index in [4.69, 9.17) is 0 Å². The molecule has 0 aliphatic carbocycles. The van der Waals surface area contributed by atoms with Crippen LogP contribution in [0.15, 0.2) is 0 Å². The summed E-state index contributed by atoms with van der Waals surface area (Å²) >= 11 is 3.03. The van der Waals surface area contributed by atoms with Crippen LogP contribution in [-0.2, 0) is 0 Å². The van der Waals surface area contributed by atoms with Crippen LogP contribution in [0.1, 0.15) is 56.8 Å². The maximum atomic E-state index is 4.29. The fourth-order valence-corrected chi connectivity index (χ4v) is 3.43. The maximum absolute atomic E-state index is 4.29. The highest BCUT2D eigenvalue weighted by Gasteiger charge is 2.19. The van der Waals surface area contributed by atoms with E-state index in [9.17, 15) is 0 Å². The molecule has 2 aromatic heterocycles. The fraction of sp³-hybridized carbons (Fsp3) is 0.667. The van der Waals surface area contributed by atoms with E-state index in [0.717, 1.165) is 33.6 Å². The van der Waals surface area contributed by atoms with Gasteiger partial charge in [-0.05, 0) is 37.3 Å². The van der Waals surface area contributed by atoms with E-state index in [1.54, 1.807) is 11.3 Å². The largest absolute Gasteiger partial charge is 0.308 e. The molecule has 0 amide bonds. The van der Waals surface area contributed by atoms with Crippen LogP contribution in [0.5, 0.6) is 0 Å². The molecule has 0 aliphatic rings. The summed E-state index contributed by atoms with van der Waals surface area (Å²) in [7, 11) is 0. The Bertz CT molecular complexity index is 520. The van der Waals surface area contributed by atoms with E-state index < -0.39 is 0 Å².